The summed E-state index contributed by atoms with van der Waals surface area (Å²) in [6, 6.07) is 10.4. The van der Waals surface area contributed by atoms with Crippen molar-refractivity contribution in [2.75, 3.05) is 0 Å². The molecule has 1 N–H and O–H groups in total. The number of hydrogen-bond donors (Lipinski definition) is 1. The number of nitrogens with zero attached hydrogens (tertiary/aromatic N) is 4. The zero-order valence-corrected chi connectivity index (χ0v) is 13.8. The molecule has 3 rings (SSSR count). The van der Waals surface area contributed by atoms with Crippen LogP contribution in [0, 0.1) is 0 Å². The number of aliphatic hydroxyl groups is 1. The first-order valence-electron chi connectivity index (χ1n) is 6.85. The minimum atomic E-state index is -0.0953. The Kier molecular flexibility index (Phi) is 4.87. The van der Waals surface area contributed by atoms with Gasteiger partial charge < -0.3 is 9.67 Å². The molecule has 0 saturated heterocycles. The average Bonchev–Trinajstić information content (AvgIpc) is 3.13. The van der Waals surface area contributed by atoms with Gasteiger partial charge in [-0.3, -0.25) is 0 Å². The van der Waals surface area contributed by atoms with Gasteiger partial charge in [-0.2, -0.15) is 0 Å². The number of hydrogen-bond acceptors (Lipinski definition) is 6. The van der Waals surface area contributed by atoms with E-state index < -0.39 is 0 Å². The normalized spacial score (nSPS) is 11.0. The Morgan fingerprint density at radius 3 is 2.77 bits per heavy atom. The molecule has 0 fully saturated rings. The molecule has 1 aromatic carbocycles. The molecule has 5 nitrogen and oxygen atoms in total. The van der Waals surface area contributed by atoms with Gasteiger partial charge in [0.2, 0.25) is 0 Å². The van der Waals surface area contributed by atoms with Gasteiger partial charge in [-0.15, -0.1) is 21.5 Å². The molecule has 7 heteroatoms. The largest absolute Gasteiger partial charge is 0.388 e. The monoisotopic (exact) mass is 332 g/mol. The molecular formula is C15H16N4OS2. The van der Waals surface area contributed by atoms with Gasteiger partial charge in [-0.25, -0.2) is 4.98 Å². The fourth-order valence-electron chi connectivity index (χ4n) is 2.01. The molecule has 2 aromatic heterocycles. The predicted molar refractivity (Wildman–Crippen MR) is 87.8 cm³/mol. The maximum Gasteiger partial charge on any atom is 0.191 e. The van der Waals surface area contributed by atoms with Gasteiger partial charge in [0.05, 0.1) is 10.7 Å². The Labute approximate surface area is 137 Å². The highest BCUT2D eigenvalue weighted by Gasteiger charge is 2.10. The van der Waals surface area contributed by atoms with E-state index in [1.807, 2.05) is 29.8 Å². The van der Waals surface area contributed by atoms with Crippen LogP contribution in [-0.2, 0) is 25.8 Å². The maximum absolute atomic E-state index is 9.12. The molecule has 0 saturated carbocycles. The van der Waals surface area contributed by atoms with Gasteiger partial charge >= 0.3 is 0 Å². The highest BCUT2D eigenvalue weighted by atomic mass is 32.2. The quantitative estimate of drug-likeness (QED) is 0.703. The fourth-order valence-corrected chi connectivity index (χ4v) is 3.77. The second-order valence-electron chi connectivity index (χ2n) is 4.80. The molecule has 114 valence electrons. The molecule has 0 radical (unpaired) electrons. The van der Waals surface area contributed by atoms with E-state index >= 15 is 0 Å². The van der Waals surface area contributed by atoms with Crippen molar-refractivity contribution in [3.63, 3.8) is 0 Å². The second kappa shape index (κ2) is 7.04. The summed E-state index contributed by atoms with van der Waals surface area (Å²) in [7, 11) is 1.86. The molecule has 0 aliphatic rings. The van der Waals surface area contributed by atoms with Gasteiger partial charge in [-0.05, 0) is 5.56 Å². The first kappa shape index (κ1) is 15.2. The predicted octanol–water partition coefficient (Wildman–Crippen LogP) is 2.65. The number of benzene rings is 1. The highest BCUT2D eigenvalue weighted by molar-refractivity contribution is 7.98. The summed E-state index contributed by atoms with van der Waals surface area (Å²) in [4.78, 5) is 4.67. The summed E-state index contributed by atoms with van der Waals surface area (Å²) in [5.41, 5.74) is 2.33. The molecule has 0 unspecified atom stereocenters. The minimum Gasteiger partial charge on any atom is -0.388 e. The van der Waals surface area contributed by atoms with Crippen molar-refractivity contribution >= 4 is 23.1 Å². The summed E-state index contributed by atoms with van der Waals surface area (Å²) in [6.45, 7) is -0.0953. The Balaban J connectivity index is 1.61. The third-order valence-electron chi connectivity index (χ3n) is 3.21. The molecule has 0 aliphatic heterocycles. The van der Waals surface area contributed by atoms with Gasteiger partial charge in [0, 0.05) is 24.6 Å². The zero-order valence-electron chi connectivity index (χ0n) is 12.1. The Morgan fingerprint density at radius 2 is 2.05 bits per heavy atom. The van der Waals surface area contributed by atoms with E-state index in [1.54, 1.807) is 23.1 Å². The van der Waals surface area contributed by atoms with Crippen LogP contribution < -0.4 is 0 Å². The van der Waals surface area contributed by atoms with Gasteiger partial charge in [0.15, 0.2) is 11.0 Å². The van der Waals surface area contributed by atoms with Crippen molar-refractivity contribution in [2.45, 2.75) is 23.9 Å². The van der Waals surface area contributed by atoms with Gasteiger partial charge in [0.1, 0.15) is 6.61 Å². The smallest absolute Gasteiger partial charge is 0.191 e. The van der Waals surface area contributed by atoms with Crippen molar-refractivity contribution in [1.82, 2.24) is 19.7 Å². The minimum absolute atomic E-state index is 0.0953. The molecule has 2 heterocycles. The molecule has 3 aromatic rings. The van der Waals surface area contributed by atoms with Crippen LogP contribution in [0.2, 0.25) is 0 Å². The number of rotatable bonds is 6. The van der Waals surface area contributed by atoms with Crippen LogP contribution in [0.4, 0.5) is 0 Å². The third kappa shape index (κ3) is 3.55. The van der Waals surface area contributed by atoms with Crippen LogP contribution in [0.5, 0.6) is 0 Å². The van der Waals surface area contributed by atoms with E-state index in [9.17, 15) is 0 Å². The lowest BCUT2D eigenvalue weighted by atomic mass is 10.2. The van der Waals surface area contributed by atoms with Crippen molar-refractivity contribution in [3.05, 3.63) is 57.8 Å². The molecule has 0 spiro atoms. The lowest BCUT2D eigenvalue weighted by Crippen LogP contribution is -1.98. The summed E-state index contributed by atoms with van der Waals surface area (Å²) in [5.74, 6) is 1.33. The Bertz CT molecular complexity index is 739. The fraction of sp³-hybridized carbons (Fsp3) is 0.267. The summed E-state index contributed by atoms with van der Waals surface area (Å²) in [6.07, 6.45) is 0.870. The zero-order chi connectivity index (χ0) is 15.4. The number of aliphatic hydroxyl groups excluding tert-OH is 1. The van der Waals surface area contributed by atoms with Crippen LogP contribution >= 0.6 is 23.1 Å². The van der Waals surface area contributed by atoms with Crippen molar-refractivity contribution in [2.24, 2.45) is 7.05 Å². The van der Waals surface area contributed by atoms with E-state index in [-0.39, 0.29) is 6.61 Å². The Hall–Kier alpha value is -1.70. The van der Waals surface area contributed by atoms with E-state index in [4.69, 9.17) is 5.11 Å². The summed E-state index contributed by atoms with van der Waals surface area (Å²) >= 11 is 3.26. The van der Waals surface area contributed by atoms with Gasteiger partial charge in [0.25, 0.3) is 0 Å². The molecular weight excluding hydrogens is 316 g/mol. The van der Waals surface area contributed by atoms with E-state index in [1.165, 1.54) is 5.56 Å². The van der Waals surface area contributed by atoms with Crippen molar-refractivity contribution in [3.8, 4) is 0 Å². The molecule has 22 heavy (non-hydrogen) atoms. The van der Waals surface area contributed by atoms with Crippen molar-refractivity contribution in [1.29, 1.82) is 0 Å². The third-order valence-corrected chi connectivity index (χ3v) is 5.16. The topological polar surface area (TPSA) is 63.8 Å². The highest BCUT2D eigenvalue weighted by Crippen LogP contribution is 2.23. The number of thiazole rings is 1. The second-order valence-corrected chi connectivity index (χ2v) is 6.68. The standard InChI is InChI=1S/C15H16N4OS2/c1-19-13(8-20)17-18-15(19)22-10-12-9-21-14(16-12)7-11-5-3-2-4-6-11/h2-6,9,20H,7-8,10H2,1H3. The first-order valence-corrected chi connectivity index (χ1v) is 8.72. The molecule has 0 aliphatic carbocycles. The van der Waals surface area contributed by atoms with Crippen LogP contribution in [0.15, 0.2) is 40.9 Å². The summed E-state index contributed by atoms with van der Waals surface area (Å²) < 4.78 is 1.81. The van der Waals surface area contributed by atoms with E-state index in [0.29, 0.717) is 5.82 Å². The number of aromatic nitrogens is 4. The molecule has 0 bridgehead atoms. The van der Waals surface area contributed by atoms with E-state index in [0.717, 1.165) is 28.0 Å². The van der Waals surface area contributed by atoms with Crippen LogP contribution in [-0.4, -0.2) is 24.9 Å². The number of thioether (sulfide) groups is 1. The van der Waals surface area contributed by atoms with Gasteiger partial charge in [-0.1, -0.05) is 42.1 Å². The van der Waals surface area contributed by atoms with E-state index in [2.05, 4.69) is 32.7 Å². The Morgan fingerprint density at radius 1 is 1.23 bits per heavy atom. The lowest BCUT2D eigenvalue weighted by Gasteiger charge is -2.00. The van der Waals surface area contributed by atoms with Crippen LogP contribution in [0.25, 0.3) is 0 Å². The van der Waals surface area contributed by atoms with Crippen molar-refractivity contribution < 1.29 is 5.11 Å². The van der Waals surface area contributed by atoms with Crippen LogP contribution in [0.3, 0.4) is 0 Å². The molecule has 0 atom stereocenters. The SMILES string of the molecule is Cn1c(CO)nnc1SCc1csc(Cc2ccccc2)n1. The lowest BCUT2D eigenvalue weighted by molar-refractivity contribution is 0.266. The molecule has 0 amide bonds. The average molecular weight is 332 g/mol. The first-order chi connectivity index (χ1) is 10.8. The van der Waals surface area contributed by atoms with Crippen LogP contribution in [0.1, 0.15) is 22.1 Å². The maximum atomic E-state index is 9.12. The summed E-state index contributed by atoms with van der Waals surface area (Å²) in [5, 5.41) is 21.1.